The summed E-state index contributed by atoms with van der Waals surface area (Å²) in [6, 6.07) is 0. The predicted octanol–water partition coefficient (Wildman–Crippen LogP) is 2.48. The Morgan fingerprint density at radius 3 is 2.76 bits per heavy atom. The summed E-state index contributed by atoms with van der Waals surface area (Å²) >= 11 is 0. The molecule has 0 aromatic rings. The van der Waals surface area contributed by atoms with Gasteiger partial charge >= 0.3 is 0 Å². The normalized spacial score (nSPS) is 29.4. The Morgan fingerprint density at radius 2 is 2.24 bits per heavy atom. The molecule has 0 spiro atoms. The molecule has 0 aromatic carbocycles. The molecule has 2 atom stereocenters. The van der Waals surface area contributed by atoms with Gasteiger partial charge in [0.15, 0.2) is 0 Å². The zero-order chi connectivity index (χ0) is 12.9. The van der Waals surface area contributed by atoms with Gasteiger partial charge in [-0.1, -0.05) is 33.6 Å². The van der Waals surface area contributed by atoms with E-state index in [0.29, 0.717) is 18.3 Å². The van der Waals surface area contributed by atoms with Crippen LogP contribution in [0.25, 0.3) is 0 Å². The van der Waals surface area contributed by atoms with E-state index in [1.807, 2.05) is 0 Å². The number of aliphatic hydroxyl groups excluding tert-OH is 1. The molecule has 0 radical (unpaired) electrons. The summed E-state index contributed by atoms with van der Waals surface area (Å²) in [5, 5.41) is 12.6. The maximum absolute atomic E-state index is 11.9. The van der Waals surface area contributed by atoms with Crippen molar-refractivity contribution in [3.8, 4) is 0 Å². The van der Waals surface area contributed by atoms with Gasteiger partial charge in [0.2, 0.25) is 5.91 Å². The molecule has 0 aromatic heterocycles. The Kier molecular flexibility index (Phi) is 5.44. The molecule has 1 fully saturated rings. The van der Waals surface area contributed by atoms with Crippen molar-refractivity contribution in [3.05, 3.63) is 0 Å². The summed E-state index contributed by atoms with van der Waals surface area (Å²) in [7, 11) is 0. The van der Waals surface area contributed by atoms with E-state index in [0.717, 1.165) is 25.7 Å². The molecule has 1 amide bonds. The number of aliphatic hydroxyl groups is 1. The van der Waals surface area contributed by atoms with Gasteiger partial charge < -0.3 is 10.4 Å². The lowest BCUT2D eigenvalue weighted by Crippen LogP contribution is -2.53. The Hall–Kier alpha value is -0.570. The summed E-state index contributed by atoms with van der Waals surface area (Å²) in [5.41, 5.74) is -0.342. The first-order chi connectivity index (χ1) is 7.97. The molecule has 17 heavy (non-hydrogen) atoms. The summed E-state index contributed by atoms with van der Waals surface area (Å²) < 4.78 is 0. The van der Waals surface area contributed by atoms with E-state index in [1.165, 1.54) is 6.42 Å². The molecule has 1 saturated carbocycles. The van der Waals surface area contributed by atoms with Gasteiger partial charge in [0.25, 0.3) is 0 Å². The zero-order valence-electron chi connectivity index (χ0n) is 11.5. The Morgan fingerprint density at radius 1 is 1.53 bits per heavy atom. The topological polar surface area (TPSA) is 49.3 Å². The molecule has 1 rings (SSSR count). The van der Waals surface area contributed by atoms with Crippen LogP contribution in [0.5, 0.6) is 0 Å². The van der Waals surface area contributed by atoms with Crippen LogP contribution < -0.4 is 5.32 Å². The summed E-state index contributed by atoms with van der Waals surface area (Å²) in [5.74, 6) is 1.25. The fraction of sp³-hybridized carbons (Fsp3) is 0.929. The molecule has 0 aliphatic heterocycles. The van der Waals surface area contributed by atoms with Crippen molar-refractivity contribution in [1.29, 1.82) is 0 Å². The first-order valence-corrected chi connectivity index (χ1v) is 6.89. The molecule has 2 unspecified atom stereocenters. The number of carbonyl (C=O) groups is 1. The highest BCUT2D eigenvalue weighted by atomic mass is 16.3. The molecule has 2 N–H and O–H groups in total. The molecule has 1 aliphatic rings. The highest BCUT2D eigenvalue weighted by Gasteiger charge is 2.35. The Balaban J connectivity index is 2.47. The van der Waals surface area contributed by atoms with Crippen molar-refractivity contribution < 1.29 is 9.90 Å². The number of rotatable bonds is 5. The summed E-state index contributed by atoms with van der Waals surface area (Å²) in [4.78, 5) is 11.9. The standard InChI is InChI=1S/C14H27NO2/c1-11(2)6-7-13(17)15-14(10-16)8-4-5-12(3)9-14/h11-12,16H,4-10H2,1-3H3,(H,15,17). The van der Waals surface area contributed by atoms with E-state index in [1.54, 1.807) is 0 Å². The lowest BCUT2D eigenvalue weighted by atomic mass is 9.76. The van der Waals surface area contributed by atoms with Crippen LogP contribution in [-0.4, -0.2) is 23.2 Å². The Labute approximate surface area is 105 Å². The largest absolute Gasteiger partial charge is 0.394 e. The van der Waals surface area contributed by atoms with Gasteiger partial charge in [-0.3, -0.25) is 4.79 Å². The van der Waals surface area contributed by atoms with E-state index in [-0.39, 0.29) is 18.1 Å². The van der Waals surface area contributed by atoms with Crippen molar-refractivity contribution in [2.24, 2.45) is 11.8 Å². The van der Waals surface area contributed by atoms with Crippen molar-refractivity contribution in [2.75, 3.05) is 6.61 Å². The van der Waals surface area contributed by atoms with E-state index >= 15 is 0 Å². The first kappa shape index (κ1) is 14.5. The predicted molar refractivity (Wildman–Crippen MR) is 69.7 cm³/mol. The van der Waals surface area contributed by atoms with Gasteiger partial charge in [-0.15, -0.1) is 0 Å². The van der Waals surface area contributed by atoms with E-state index in [9.17, 15) is 9.90 Å². The van der Waals surface area contributed by atoms with Crippen LogP contribution in [0.3, 0.4) is 0 Å². The van der Waals surface area contributed by atoms with Gasteiger partial charge in [-0.05, 0) is 31.1 Å². The minimum absolute atomic E-state index is 0.0742. The van der Waals surface area contributed by atoms with E-state index in [2.05, 4.69) is 26.1 Å². The third-order valence-electron chi connectivity index (χ3n) is 3.75. The van der Waals surface area contributed by atoms with Gasteiger partial charge in [0.1, 0.15) is 0 Å². The Bertz CT molecular complexity index is 253. The summed E-state index contributed by atoms with van der Waals surface area (Å²) in [6.45, 7) is 6.52. The second-order valence-corrected chi connectivity index (χ2v) is 6.12. The average Bonchev–Trinajstić information content (AvgIpc) is 2.26. The zero-order valence-corrected chi connectivity index (χ0v) is 11.5. The molecule has 100 valence electrons. The van der Waals surface area contributed by atoms with E-state index in [4.69, 9.17) is 0 Å². The van der Waals surface area contributed by atoms with Crippen LogP contribution >= 0.6 is 0 Å². The second kappa shape index (κ2) is 6.39. The van der Waals surface area contributed by atoms with Crippen molar-refractivity contribution in [1.82, 2.24) is 5.32 Å². The highest BCUT2D eigenvalue weighted by Crippen LogP contribution is 2.32. The number of carbonyl (C=O) groups excluding carboxylic acids is 1. The van der Waals surface area contributed by atoms with Gasteiger partial charge in [-0.2, -0.15) is 0 Å². The van der Waals surface area contributed by atoms with Gasteiger partial charge in [0.05, 0.1) is 12.1 Å². The molecule has 0 saturated heterocycles. The van der Waals surface area contributed by atoms with Gasteiger partial charge in [0, 0.05) is 6.42 Å². The molecular weight excluding hydrogens is 214 g/mol. The number of hydrogen-bond donors (Lipinski definition) is 2. The third kappa shape index (κ3) is 4.66. The van der Waals surface area contributed by atoms with Crippen LogP contribution in [0.1, 0.15) is 59.3 Å². The lowest BCUT2D eigenvalue weighted by Gasteiger charge is -2.39. The van der Waals surface area contributed by atoms with Crippen LogP contribution in [0, 0.1) is 11.8 Å². The molecule has 3 nitrogen and oxygen atoms in total. The monoisotopic (exact) mass is 241 g/mol. The van der Waals surface area contributed by atoms with Crippen LogP contribution in [0.2, 0.25) is 0 Å². The number of hydrogen-bond acceptors (Lipinski definition) is 2. The lowest BCUT2D eigenvalue weighted by molar-refractivity contribution is -0.124. The van der Waals surface area contributed by atoms with Crippen LogP contribution in [0.4, 0.5) is 0 Å². The van der Waals surface area contributed by atoms with Gasteiger partial charge in [-0.25, -0.2) is 0 Å². The quantitative estimate of drug-likeness (QED) is 0.777. The molecule has 0 heterocycles. The fourth-order valence-corrected chi connectivity index (χ4v) is 2.73. The summed E-state index contributed by atoms with van der Waals surface area (Å²) in [6.07, 6.45) is 5.64. The first-order valence-electron chi connectivity index (χ1n) is 6.89. The number of nitrogens with one attached hydrogen (secondary N) is 1. The van der Waals surface area contributed by atoms with Crippen molar-refractivity contribution in [2.45, 2.75) is 64.8 Å². The molecule has 3 heteroatoms. The fourth-order valence-electron chi connectivity index (χ4n) is 2.73. The van der Waals surface area contributed by atoms with Crippen molar-refractivity contribution in [3.63, 3.8) is 0 Å². The third-order valence-corrected chi connectivity index (χ3v) is 3.75. The van der Waals surface area contributed by atoms with Crippen LogP contribution in [0.15, 0.2) is 0 Å². The van der Waals surface area contributed by atoms with E-state index < -0.39 is 0 Å². The maximum atomic E-state index is 11.9. The molecule has 0 bridgehead atoms. The smallest absolute Gasteiger partial charge is 0.220 e. The minimum Gasteiger partial charge on any atom is -0.394 e. The second-order valence-electron chi connectivity index (χ2n) is 6.12. The number of amides is 1. The minimum atomic E-state index is -0.342. The SMILES string of the molecule is CC(C)CCC(=O)NC1(CO)CCCC(C)C1. The van der Waals surface area contributed by atoms with Crippen molar-refractivity contribution >= 4 is 5.91 Å². The molecule has 1 aliphatic carbocycles. The highest BCUT2D eigenvalue weighted by molar-refractivity contribution is 5.76. The van der Waals surface area contributed by atoms with Crippen LogP contribution in [-0.2, 0) is 4.79 Å². The molecular formula is C14H27NO2. The average molecular weight is 241 g/mol. The maximum Gasteiger partial charge on any atom is 0.220 e.